The van der Waals surface area contributed by atoms with Gasteiger partial charge < -0.3 is 20.1 Å². The Bertz CT molecular complexity index is 833. The number of carbonyl (C=O) groups excluding carboxylic acids is 2. The SMILES string of the molecule is CC1Cc2c(C(N)=O)n[nH]c2CCO1.CN1C(=O)CCOc2ccccc21. The molecule has 2 aromatic rings. The van der Waals surface area contributed by atoms with Gasteiger partial charge in [0.25, 0.3) is 5.91 Å². The molecule has 0 fully saturated rings. The van der Waals surface area contributed by atoms with E-state index in [9.17, 15) is 9.59 Å². The summed E-state index contributed by atoms with van der Waals surface area (Å²) in [5.41, 5.74) is 8.32. The summed E-state index contributed by atoms with van der Waals surface area (Å²) in [5.74, 6) is 0.414. The second kappa shape index (κ2) is 8.22. The molecule has 2 aliphatic heterocycles. The van der Waals surface area contributed by atoms with Crippen LogP contribution in [0.4, 0.5) is 5.69 Å². The fourth-order valence-corrected chi connectivity index (χ4v) is 3.15. The first-order chi connectivity index (χ1) is 13.0. The fourth-order valence-electron chi connectivity index (χ4n) is 3.15. The smallest absolute Gasteiger partial charge is 0.269 e. The molecule has 1 atom stereocenters. The van der Waals surface area contributed by atoms with E-state index in [1.807, 2.05) is 31.2 Å². The number of primary amides is 1. The van der Waals surface area contributed by atoms with Crippen LogP contribution in [0.3, 0.4) is 0 Å². The summed E-state index contributed by atoms with van der Waals surface area (Å²) in [5, 5.41) is 6.76. The summed E-state index contributed by atoms with van der Waals surface area (Å²) in [7, 11) is 1.77. The molecule has 3 heterocycles. The van der Waals surface area contributed by atoms with Crippen LogP contribution < -0.4 is 15.4 Å². The maximum atomic E-state index is 11.4. The van der Waals surface area contributed by atoms with Gasteiger partial charge in [0.15, 0.2) is 5.69 Å². The summed E-state index contributed by atoms with van der Waals surface area (Å²) in [4.78, 5) is 24.1. The molecule has 0 bridgehead atoms. The van der Waals surface area contributed by atoms with E-state index >= 15 is 0 Å². The van der Waals surface area contributed by atoms with Gasteiger partial charge in [-0.1, -0.05) is 12.1 Å². The number of ether oxygens (including phenoxy) is 2. The van der Waals surface area contributed by atoms with Gasteiger partial charge in [0, 0.05) is 31.1 Å². The standard InChI is InChI=1S/C10H11NO2.C9H13N3O2/c1-11-8-4-2-3-5-9(8)13-7-6-10(11)12;1-5-4-6-7(2-3-14-5)11-12-8(6)9(10)13/h2-5H,6-7H2,1H3;5H,2-4H2,1H3,(H2,10,13)(H,11,12). The highest BCUT2D eigenvalue weighted by Gasteiger charge is 2.22. The zero-order chi connectivity index (χ0) is 19.4. The van der Waals surface area contributed by atoms with Gasteiger partial charge in [-0.05, 0) is 19.1 Å². The van der Waals surface area contributed by atoms with Crippen LogP contribution in [0, 0.1) is 0 Å². The number of amides is 2. The minimum absolute atomic E-state index is 0.102. The molecular weight excluding hydrogens is 348 g/mol. The first-order valence-electron chi connectivity index (χ1n) is 8.93. The van der Waals surface area contributed by atoms with Gasteiger partial charge in [-0.2, -0.15) is 5.10 Å². The number of hydrogen-bond donors (Lipinski definition) is 2. The Hall–Kier alpha value is -2.87. The minimum Gasteiger partial charge on any atom is -0.491 e. The van der Waals surface area contributed by atoms with Crippen molar-refractivity contribution in [2.45, 2.75) is 32.3 Å². The number of benzene rings is 1. The molecule has 8 nitrogen and oxygen atoms in total. The summed E-state index contributed by atoms with van der Waals surface area (Å²) in [6.45, 7) is 3.11. The average molecular weight is 372 g/mol. The molecule has 1 aromatic carbocycles. The number of H-pyrrole nitrogens is 1. The van der Waals surface area contributed by atoms with E-state index < -0.39 is 5.91 Å². The second-order valence-corrected chi connectivity index (χ2v) is 6.55. The topological polar surface area (TPSA) is 111 Å². The summed E-state index contributed by atoms with van der Waals surface area (Å²) in [6, 6.07) is 7.57. The molecule has 2 aliphatic rings. The number of fused-ring (bicyclic) bond motifs is 2. The monoisotopic (exact) mass is 372 g/mol. The molecule has 0 radical (unpaired) electrons. The number of hydrogen-bond acceptors (Lipinski definition) is 5. The van der Waals surface area contributed by atoms with Crippen LogP contribution in [0.1, 0.15) is 35.1 Å². The zero-order valence-electron chi connectivity index (χ0n) is 15.5. The molecule has 0 spiro atoms. The zero-order valence-corrected chi connectivity index (χ0v) is 15.5. The van der Waals surface area contributed by atoms with Crippen molar-refractivity contribution in [3.8, 4) is 5.75 Å². The molecule has 0 aliphatic carbocycles. The number of nitrogens with zero attached hydrogens (tertiary/aromatic N) is 2. The van der Waals surface area contributed by atoms with Gasteiger partial charge in [-0.3, -0.25) is 14.7 Å². The third-order valence-corrected chi connectivity index (χ3v) is 4.61. The molecule has 0 saturated heterocycles. The quantitative estimate of drug-likeness (QED) is 0.787. The highest BCUT2D eigenvalue weighted by molar-refractivity contribution is 5.95. The molecule has 2 amide bonds. The number of rotatable bonds is 1. The van der Waals surface area contributed by atoms with Crippen molar-refractivity contribution >= 4 is 17.5 Å². The normalized spacial score (nSPS) is 18.8. The number of para-hydroxylation sites is 2. The maximum Gasteiger partial charge on any atom is 0.269 e. The van der Waals surface area contributed by atoms with E-state index in [-0.39, 0.29) is 12.0 Å². The lowest BCUT2D eigenvalue weighted by atomic mass is 10.1. The Balaban J connectivity index is 0.000000156. The largest absolute Gasteiger partial charge is 0.491 e. The van der Waals surface area contributed by atoms with Crippen molar-refractivity contribution in [2.75, 3.05) is 25.2 Å². The predicted molar refractivity (Wildman–Crippen MR) is 99.9 cm³/mol. The van der Waals surface area contributed by atoms with Crippen molar-refractivity contribution in [1.29, 1.82) is 0 Å². The van der Waals surface area contributed by atoms with Crippen molar-refractivity contribution in [3.63, 3.8) is 0 Å². The lowest BCUT2D eigenvalue weighted by Crippen LogP contribution is -2.24. The Morgan fingerprint density at radius 1 is 1.30 bits per heavy atom. The first kappa shape index (κ1) is 18.9. The van der Waals surface area contributed by atoms with E-state index in [0.29, 0.717) is 31.7 Å². The van der Waals surface area contributed by atoms with Crippen molar-refractivity contribution in [2.24, 2.45) is 5.73 Å². The molecule has 4 rings (SSSR count). The highest BCUT2D eigenvalue weighted by atomic mass is 16.5. The van der Waals surface area contributed by atoms with E-state index in [2.05, 4.69) is 10.2 Å². The molecule has 144 valence electrons. The molecule has 27 heavy (non-hydrogen) atoms. The van der Waals surface area contributed by atoms with Crippen molar-refractivity contribution < 1.29 is 19.1 Å². The molecular formula is C19H24N4O4. The number of nitrogens with one attached hydrogen (secondary N) is 1. The fraction of sp³-hybridized carbons (Fsp3) is 0.421. The van der Waals surface area contributed by atoms with E-state index in [1.54, 1.807) is 11.9 Å². The lowest BCUT2D eigenvalue weighted by Gasteiger charge is -2.15. The summed E-state index contributed by atoms with van der Waals surface area (Å²) >= 11 is 0. The molecule has 0 saturated carbocycles. The molecule has 1 aromatic heterocycles. The third kappa shape index (κ3) is 4.28. The molecule has 1 unspecified atom stereocenters. The average Bonchev–Trinajstić information content (AvgIpc) is 2.87. The number of aromatic nitrogens is 2. The van der Waals surface area contributed by atoms with Crippen LogP contribution in [0.2, 0.25) is 0 Å². The van der Waals surface area contributed by atoms with Gasteiger partial charge in [-0.25, -0.2) is 0 Å². The van der Waals surface area contributed by atoms with E-state index in [1.165, 1.54) is 0 Å². The first-order valence-corrected chi connectivity index (χ1v) is 8.93. The minimum atomic E-state index is -0.475. The van der Waals surface area contributed by atoms with Crippen LogP contribution >= 0.6 is 0 Å². The Kier molecular flexibility index (Phi) is 5.75. The molecule has 3 N–H and O–H groups in total. The van der Waals surface area contributed by atoms with Crippen LogP contribution in [0.15, 0.2) is 24.3 Å². The number of anilines is 1. The Morgan fingerprint density at radius 2 is 2.07 bits per heavy atom. The van der Waals surface area contributed by atoms with Gasteiger partial charge in [0.2, 0.25) is 5.91 Å². The predicted octanol–water partition coefficient (Wildman–Crippen LogP) is 1.44. The van der Waals surface area contributed by atoms with Crippen LogP contribution in [0.25, 0.3) is 0 Å². The van der Waals surface area contributed by atoms with Crippen LogP contribution in [-0.4, -0.2) is 48.4 Å². The van der Waals surface area contributed by atoms with Crippen molar-refractivity contribution in [3.05, 3.63) is 41.2 Å². The Morgan fingerprint density at radius 3 is 2.85 bits per heavy atom. The highest BCUT2D eigenvalue weighted by Crippen LogP contribution is 2.29. The van der Waals surface area contributed by atoms with Gasteiger partial charge in [0.1, 0.15) is 5.75 Å². The number of carbonyl (C=O) groups is 2. The van der Waals surface area contributed by atoms with Crippen LogP contribution in [-0.2, 0) is 22.4 Å². The number of nitrogens with two attached hydrogens (primary N) is 1. The Labute approximate surface area is 157 Å². The van der Waals surface area contributed by atoms with Crippen molar-refractivity contribution in [1.82, 2.24) is 10.2 Å². The maximum absolute atomic E-state index is 11.4. The lowest BCUT2D eigenvalue weighted by molar-refractivity contribution is -0.118. The van der Waals surface area contributed by atoms with E-state index in [4.69, 9.17) is 15.2 Å². The molecule has 8 heteroatoms. The van der Waals surface area contributed by atoms with Gasteiger partial charge in [0.05, 0.1) is 31.4 Å². The van der Waals surface area contributed by atoms with Gasteiger partial charge >= 0.3 is 0 Å². The number of aromatic amines is 1. The van der Waals surface area contributed by atoms with Gasteiger partial charge in [-0.15, -0.1) is 0 Å². The second-order valence-electron chi connectivity index (χ2n) is 6.55. The van der Waals surface area contributed by atoms with Crippen LogP contribution in [0.5, 0.6) is 5.75 Å². The summed E-state index contributed by atoms with van der Waals surface area (Å²) < 4.78 is 10.9. The summed E-state index contributed by atoms with van der Waals surface area (Å²) in [6.07, 6.45) is 2.03. The third-order valence-electron chi connectivity index (χ3n) is 4.61. The van der Waals surface area contributed by atoms with E-state index in [0.717, 1.165) is 29.1 Å².